The van der Waals surface area contributed by atoms with Crippen LogP contribution in [-0.2, 0) is 9.53 Å². The van der Waals surface area contributed by atoms with Crippen LogP contribution in [0.5, 0.6) is 0 Å². The molecule has 0 saturated heterocycles. The molecular formula is C13H11FO2. The van der Waals surface area contributed by atoms with Crippen molar-refractivity contribution in [3.8, 4) is 0 Å². The van der Waals surface area contributed by atoms with Gasteiger partial charge in [0.05, 0.1) is 7.11 Å². The van der Waals surface area contributed by atoms with Crippen molar-refractivity contribution in [3.63, 3.8) is 0 Å². The number of halogens is 1. The maximum atomic E-state index is 13.8. The van der Waals surface area contributed by atoms with Crippen LogP contribution >= 0.6 is 0 Å². The van der Waals surface area contributed by atoms with Gasteiger partial charge in [0.2, 0.25) is 6.17 Å². The fourth-order valence-electron chi connectivity index (χ4n) is 1.70. The van der Waals surface area contributed by atoms with Crippen LogP contribution in [0.15, 0.2) is 42.5 Å². The lowest BCUT2D eigenvalue weighted by Crippen LogP contribution is -2.09. The first-order chi connectivity index (χ1) is 7.74. The molecule has 0 amide bonds. The van der Waals surface area contributed by atoms with E-state index in [0.717, 1.165) is 10.8 Å². The van der Waals surface area contributed by atoms with Crippen LogP contribution in [0.3, 0.4) is 0 Å². The number of carbonyl (C=O) groups is 1. The molecule has 3 heteroatoms. The number of hydrogen-bond acceptors (Lipinski definition) is 2. The summed E-state index contributed by atoms with van der Waals surface area (Å²) in [4.78, 5) is 11.2. The molecule has 2 rings (SSSR count). The minimum absolute atomic E-state index is 0.352. The molecule has 0 fully saturated rings. The zero-order valence-electron chi connectivity index (χ0n) is 8.81. The maximum absolute atomic E-state index is 13.8. The topological polar surface area (TPSA) is 26.3 Å². The van der Waals surface area contributed by atoms with Crippen molar-refractivity contribution in [1.82, 2.24) is 0 Å². The average molecular weight is 218 g/mol. The van der Waals surface area contributed by atoms with E-state index in [4.69, 9.17) is 0 Å². The summed E-state index contributed by atoms with van der Waals surface area (Å²) < 4.78 is 18.2. The first-order valence-corrected chi connectivity index (χ1v) is 4.93. The van der Waals surface area contributed by atoms with Gasteiger partial charge in [-0.15, -0.1) is 0 Å². The van der Waals surface area contributed by atoms with Gasteiger partial charge in [0.25, 0.3) is 0 Å². The third-order valence-corrected chi connectivity index (χ3v) is 2.50. The van der Waals surface area contributed by atoms with Crippen molar-refractivity contribution in [2.75, 3.05) is 7.11 Å². The molecule has 0 saturated carbocycles. The summed E-state index contributed by atoms with van der Waals surface area (Å²) in [6.45, 7) is 0. The monoisotopic (exact) mass is 218 g/mol. The van der Waals surface area contributed by atoms with E-state index in [0.29, 0.717) is 5.56 Å². The van der Waals surface area contributed by atoms with Crippen molar-refractivity contribution >= 4 is 16.7 Å². The molecule has 0 spiro atoms. The molecule has 2 aromatic carbocycles. The van der Waals surface area contributed by atoms with Gasteiger partial charge in [-0.05, 0) is 10.8 Å². The lowest BCUT2D eigenvalue weighted by Gasteiger charge is -2.09. The second-order valence-corrected chi connectivity index (χ2v) is 3.45. The van der Waals surface area contributed by atoms with Crippen LogP contribution in [0.1, 0.15) is 11.7 Å². The van der Waals surface area contributed by atoms with E-state index in [2.05, 4.69) is 4.74 Å². The summed E-state index contributed by atoms with van der Waals surface area (Å²) in [6, 6.07) is 12.6. The Kier molecular flexibility index (Phi) is 2.86. The normalized spacial score (nSPS) is 12.4. The van der Waals surface area contributed by atoms with Gasteiger partial charge in [-0.25, -0.2) is 9.18 Å². The first-order valence-electron chi connectivity index (χ1n) is 4.93. The standard InChI is InChI=1S/C13H11FO2/c1-16-13(15)12(14)11-8-4-6-9-5-2-3-7-10(9)11/h2-8,12H,1H3/t12-/m1/s1. The number of ether oxygens (including phenoxy) is 1. The van der Waals surface area contributed by atoms with Gasteiger partial charge in [0, 0.05) is 5.56 Å². The average Bonchev–Trinajstić information content (AvgIpc) is 2.36. The summed E-state index contributed by atoms with van der Waals surface area (Å²) in [6.07, 6.45) is -1.73. The third kappa shape index (κ3) is 1.76. The van der Waals surface area contributed by atoms with Crippen LogP contribution in [0.4, 0.5) is 4.39 Å². The highest BCUT2D eigenvalue weighted by molar-refractivity contribution is 5.90. The SMILES string of the molecule is COC(=O)[C@H](F)c1cccc2ccccc12. The van der Waals surface area contributed by atoms with E-state index in [9.17, 15) is 9.18 Å². The van der Waals surface area contributed by atoms with Gasteiger partial charge in [-0.1, -0.05) is 42.5 Å². The summed E-state index contributed by atoms with van der Waals surface area (Å²) in [5.41, 5.74) is 0.352. The van der Waals surface area contributed by atoms with Crippen LogP contribution < -0.4 is 0 Å². The number of rotatable bonds is 2. The molecule has 0 aliphatic carbocycles. The van der Waals surface area contributed by atoms with Crippen LogP contribution in [0.2, 0.25) is 0 Å². The fraction of sp³-hybridized carbons (Fsp3) is 0.154. The van der Waals surface area contributed by atoms with Crippen molar-refractivity contribution in [1.29, 1.82) is 0 Å². The molecule has 2 nitrogen and oxygen atoms in total. The van der Waals surface area contributed by atoms with Crippen LogP contribution in [0.25, 0.3) is 10.8 Å². The Labute approximate surface area is 92.6 Å². The Morgan fingerprint density at radius 1 is 1.19 bits per heavy atom. The number of esters is 1. The van der Waals surface area contributed by atoms with E-state index >= 15 is 0 Å². The van der Waals surface area contributed by atoms with Crippen molar-refractivity contribution < 1.29 is 13.9 Å². The molecule has 0 aliphatic heterocycles. The van der Waals surface area contributed by atoms with Crippen LogP contribution in [-0.4, -0.2) is 13.1 Å². The molecule has 1 atom stereocenters. The molecule has 82 valence electrons. The summed E-state index contributed by atoms with van der Waals surface area (Å²) in [7, 11) is 1.18. The van der Waals surface area contributed by atoms with Crippen molar-refractivity contribution in [2.24, 2.45) is 0 Å². The number of alkyl halides is 1. The molecular weight excluding hydrogens is 207 g/mol. The Hall–Kier alpha value is -1.90. The zero-order valence-corrected chi connectivity index (χ0v) is 8.81. The Bertz CT molecular complexity index is 517. The number of benzene rings is 2. The van der Waals surface area contributed by atoms with Gasteiger partial charge in [-0.2, -0.15) is 0 Å². The second-order valence-electron chi connectivity index (χ2n) is 3.45. The minimum Gasteiger partial charge on any atom is -0.467 e. The highest BCUT2D eigenvalue weighted by Gasteiger charge is 2.21. The van der Waals surface area contributed by atoms with Gasteiger partial charge in [-0.3, -0.25) is 0 Å². The smallest absolute Gasteiger partial charge is 0.345 e. The Morgan fingerprint density at radius 2 is 1.88 bits per heavy atom. The highest BCUT2D eigenvalue weighted by Crippen LogP contribution is 2.27. The van der Waals surface area contributed by atoms with E-state index in [1.807, 2.05) is 24.3 Å². The molecule has 0 unspecified atom stereocenters. The second kappa shape index (κ2) is 4.31. The Morgan fingerprint density at radius 3 is 2.62 bits per heavy atom. The molecule has 2 aromatic rings. The molecule has 0 radical (unpaired) electrons. The molecule has 0 aromatic heterocycles. The third-order valence-electron chi connectivity index (χ3n) is 2.50. The number of fused-ring (bicyclic) bond motifs is 1. The lowest BCUT2D eigenvalue weighted by atomic mass is 10.0. The summed E-state index contributed by atoms with van der Waals surface area (Å²) >= 11 is 0. The van der Waals surface area contributed by atoms with Crippen LogP contribution in [0, 0.1) is 0 Å². The maximum Gasteiger partial charge on any atom is 0.345 e. The van der Waals surface area contributed by atoms with Gasteiger partial charge in [0.15, 0.2) is 0 Å². The predicted molar refractivity (Wildman–Crippen MR) is 59.8 cm³/mol. The number of hydrogen-bond donors (Lipinski definition) is 0. The summed E-state index contributed by atoms with van der Waals surface area (Å²) in [5, 5.41) is 1.65. The molecule has 0 bridgehead atoms. The van der Waals surface area contributed by atoms with E-state index in [1.54, 1.807) is 18.2 Å². The quantitative estimate of drug-likeness (QED) is 0.724. The number of carbonyl (C=O) groups excluding carboxylic acids is 1. The van der Waals surface area contributed by atoms with E-state index in [1.165, 1.54) is 7.11 Å². The summed E-state index contributed by atoms with van der Waals surface area (Å²) in [5.74, 6) is -0.864. The van der Waals surface area contributed by atoms with Gasteiger partial charge < -0.3 is 4.74 Å². The minimum atomic E-state index is -1.73. The van der Waals surface area contributed by atoms with E-state index < -0.39 is 12.1 Å². The fourth-order valence-corrected chi connectivity index (χ4v) is 1.70. The van der Waals surface area contributed by atoms with Gasteiger partial charge >= 0.3 is 5.97 Å². The van der Waals surface area contributed by atoms with Crippen molar-refractivity contribution in [2.45, 2.75) is 6.17 Å². The molecule has 16 heavy (non-hydrogen) atoms. The highest BCUT2D eigenvalue weighted by atomic mass is 19.1. The molecule has 0 heterocycles. The van der Waals surface area contributed by atoms with Gasteiger partial charge in [0.1, 0.15) is 0 Å². The van der Waals surface area contributed by atoms with Crippen molar-refractivity contribution in [3.05, 3.63) is 48.0 Å². The number of methoxy groups -OCH3 is 1. The molecule has 0 aliphatic rings. The first kappa shape index (κ1) is 10.6. The lowest BCUT2D eigenvalue weighted by molar-refractivity contribution is -0.146. The predicted octanol–water partition coefficient (Wildman–Crippen LogP) is 3.02. The largest absolute Gasteiger partial charge is 0.467 e. The molecule has 0 N–H and O–H groups in total. The zero-order chi connectivity index (χ0) is 11.5. The Balaban J connectivity index is 2.56. The van der Waals surface area contributed by atoms with E-state index in [-0.39, 0.29) is 0 Å².